The third-order valence-electron chi connectivity index (χ3n) is 4.90. The van der Waals surface area contributed by atoms with Crippen molar-refractivity contribution in [1.29, 1.82) is 0 Å². The molecule has 0 amide bonds. The lowest BCUT2D eigenvalue weighted by Gasteiger charge is -2.32. The Labute approximate surface area is 154 Å². The molecule has 0 aliphatic carbocycles. The normalized spacial score (nSPS) is 16.9. The molecule has 2 aromatic heterocycles. The van der Waals surface area contributed by atoms with E-state index in [1.807, 2.05) is 28.8 Å². The van der Waals surface area contributed by atoms with E-state index in [2.05, 4.69) is 30.7 Å². The first-order valence-corrected chi connectivity index (χ1v) is 9.24. The van der Waals surface area contributed by atoms with E-state index < -0.39 is 0 Å². The topological polar surface area (TPSA) is 79.1 Å². The summed E-state index contributed by atoms with van der Waals surface area (Å²) in [5, 5.41) is 15.2. The molecule has 0 atom stereocenters. The standard InChI is InChI=1S/C18H29N7O/c1-19-18(20-13-15-6-9-24(10-7-15)11-12-26-2)21-14-17-23-22-16-5-3-4-8-25(16)17/h3-5,8,15H,6-7,9-14H2,1-2H3,(H2,19,20,21). The van der Waals surface area contributed by atoms with Crippen LogP contribution in [0.2, 0.25) is 0 Å². The van der Waals surface area contributed by atoms with Crippen molar-refractivity contribution in [2.24, 2.45) is 10.9 Å². The molecule has 0 bridgehead atoms. The van der Waals surface area contributed by atoms with Gasteiger partial charge in [0.1, 0.15) is 0 Å². The van der Waals surface area contributed by atoms with Gasteiger partial charge in [0, 0.05) is 33.4 Å². The van der Waals surface area contributed by atoms with Crippen LogP contribution in [0.5, 0.6) is 0 Å². The van der Waals surface area contributed by atoms with Gasteiger partial charge in [0.05, 0.1) is 13.2 Å². The number of methoxy groups -OCH3 is 1. The van der Waals surface area contributed by atoms with Gasteiger partial charge in [-0.3, -0.25) is 9.39 Å². The second-order valence-corrected chi connectivity index (χ2v) is 6.63. The predicted molar refractivity (Wildman–Crippen MR) is 102 cm³/mol. The molecule has 3 heterocycles. The number of hydrogen-bond acceptors (Lipinski definition) is 5. The molecule has 0 saturated carbocycles. The first-order chi connectivity index (χ1) is 12.8. The Balaban J connectivity index is 1.41. The van der Waals surface area contributed by atoms with Crippen LogP contribution in [-0.2, 0) is 11.3 Å². The molecule has 1 aliphatic rings. The summed E-state index contributed by atoms with van der Waals surface area (Å²) in [6.45, 7) is 5.67. The SMILES string of the molecule is CN=C(NCc1nnc2ccccn12)NCC1CCN(CCOC)CC1. The van der Waals surface area contributed by atoms with Crippen LogP contribution >= 0.6 is 0 Å². The Morgan fingerprint density at radius 1 is 1.27 bits per heavy atom. The summed E-state index contributed by atoms with van der Waals surface area (Å²) in [6.07, 6.45) is 4.39. The molecule has 8 heteroatoms. The van der Waals surface area contributed by atoms with Gasteiger partial charge in [-0.25, -0.2) is 0 Å². The fourth-order valence-electron chi connectivity index (χ4n) is 3.27. The second kappa shape index (κ2) is 9.49. The molecular weight excluding hydrogens is 330 g/mol. The van der Waals surface area contributed by atoms with Gasteiger partial charge in [0.15, 0.2) is 17.4 Å². The molecule has 3 rings (SSSR count). The monoisotopic (exact) mass is 359 g/mol. The van der Waals surface area contributed by atoms with Crippen LogP contribution in [0.3, 0.4) is 0 Å². The van der Waals surface area contributed by atoms with Gasteiger partial charge in [-0.05, 0) is 44.0 Å². The minimum Gasteiger partial charge on any atom is -0.383 e. The van der Waals surface area contributed by atoms with Gasteiger partial charge in [0.25, 0.3) is 0 Å². The third kappa shape index (κ3) is 4.92. The van der Waals surface area contributed by atoms with Gasteiger partial charge in [-0.2, -0.15) is 0 Å². The molecule has 1 fully saturated rings. The molecule has 2 aromatic rings. The zero-order valence-electron chi connectivity index (χ0n) is 15.7. The van der Waals surface area contributed by atoms with Gasteiger partial charge < -0.3 is 20.3 Å². The lowest BCUT2D eigenvalue weighted by molar-refractivity contribution is 0.121. The maximum absolute atomic E-state index is 5.16. The van der Waals surface area contributed by atoms with Crippen LogP contribution in [0, 0.1) is 5.92 Å². The summed E-state index contributed by atoms with van der Waals surface area (Å²) in [6, 6.07) is 5.89. The van der Waals surface area contributed by atoms with E-state index in [4.69, 9.17) is 4.74 Å². The molecular formula is C18H29N7O. The smallest absolute Gasteiger partial charge is 0.191 e. The maximum atomic E-state index is 5.16. The number of hydrogen-bond donors (Lipinski definition) is 2. The number of likely N-dealkylation sites (tertiary alicyclic amines) is 1. The number of nitrogens with zero attached hydrogens (tertiary/aromatic N) is 5. The number of guanidine groups is 1. The summed E-state index contributed by atoms with van der Waals surface area (Å²) in [4.78, 5) is 6.79. The van der Waals surface area contributed by atoms with E-state index >= 15 is 0 Å². The molecule has 26 heavy (non-hydrogen) atoms. The van der Waals surface area contributed by atoms with Crippen molar-refractivity contribution in [3.8, 4) is 0 Å². The van der Waals surface area contributed by atoms with Crippen molar-refractivity contribution in [3.63, 3.8) is 0 Å². The average molecular weight is 359 g/mol. The Morgan fingerprint density at radius 2 is 2.12 bits per heavy atom. The highest BCUT2D eigenvalue weighted by Gasteiger charge is 2.19. The van der Waals surface area contributed by atoms with E-state index in [0.29, 0.717) is 12.5 Å². The van der Waals surface area contributed by atoms with Crippen molar-refractivity contribution >= 4 is 11.6 Å². The number of ether oxygens (including phenoxy) is 1. The maximum Gasteiger partial charge on any atom is 0.191 e. The highest BCUT2D eigenvalue weighted by molar-refractivity contribution is 5.79. The molecule has 8 nitrogen and oxygen atoms in total. The van der Waals surface area contributed by atoms with Crippen LogP contribution in [-0.4, -0.2) is 72.4 Å². The van der Waals surface area contributed by atoms with Gasteiger partial charge >= 0.3 is 0 Å². The summed E-state index contributed by atoms with van der Waals surface area (Å²) < 4.78 is 7.14. The van der Waals surface area contributed by atoms with E-state index in [1.54, 1.807) is 14.2 Å². The molecule has 0 aromatic carbocycles. The lowest BCUT2D eigenvalue weighted by Crippen LogP contribution is -2.43. The summed E-state index contributed by atoms with van der Waals surface area (Å²) in [5.41, 5.74) is 0.854. The van der Waals surface area contributed by atoms with Crippen LogP contribution in [0.15, 0.2) is 29.4 Å². The molecule has 1 aliphatic heterocycles. The molecule has 0 radical (unpaired) electrons. The van der Waals surface area contributed by atoms with Crippen LogP contribution in [0.4, 0.5) is 0 Å². The van der Waals surface area contributed by atoms with Gasteiger partial charge in [0.2, 0.25) is 0 Å². The minimum atomic E-state index is 0.584. The molecule has 2 N–H and O–H groups in total. The molecule has 0 unspecified atom stereocenters. The van der Waals surface area contributed by atoms with Crippen molar-refractivity contribution in [2.75, 3.05) is 46.9 Å². The number of aliphatic imine (C=N–C) groups is 1. The summed E-state index contributed by atoms with van der Waals surface area (Å²) >= 11 is 0. The zero-order valence-corrected chi connectivity index (χ0v) is 15.7. The van der Waals surface area contributed by atoms with E-state index in [-0.39, 0.29) is 0 Å². The number of fused-ring (bicyclic) bond motifs is 1. The Kier molecular flexibility index (Phi) is 6.79. The second-order valence-electron chi connectivity index (χ2n) is 6.63. The highest BCUT2D eigenvalue weighted by Crippen LogP contribution is 2.15. The Bertz CT molecular complexity index is 706. The van der Waals surface area contributed by atoms with Gasteiger partial charge in [-0.1, -0.05) is 6.07 Å². The van der Waals surface area contributed by atoms with E-state index in [0.717, 1.165) is 50.2 Å². The number of pyridine rings is 1. The van der Waals surface area contributed by atoms with Crippen LogP contribution < -0.4 is 10.6 Å². The first kappa shape index (κ1) is 18.6. The van der Waals surface area contributed by atoms with Gasteiger partial charge in [-0.15, -0.1) is 10.2 Å². The quantitative estimate of drug-likeness (QED) is 0.561. The first-order valence-electron chi connectivity index (χ1n) is 9.24. The largest absolute Gasteiger partial charge is 0.383 e. The Morgan fingerprint density at radius 3 is 2.88 bits per heavy atom. The van der Waals surface area contributed by atoms with E-state index in [9.17, 15) is 0 Å². The number of nitrogens with one attached hydrogen (secondary N) is 2. The van der Waals surface area contributed by atoms with Crippen molar-refractivity contribution < 1.29 is 4.74 Å². The molecule has 142 valence electrons. The fraction of sp³-hybridized carbons (Fsp3) is 0.611. The number of aromatic nitrogens is 3. The third-order valence-corrected chi connectivity index (χ3v) is 4.90. The summed E-state index contributed by atoms with van der Waals surface area (Å²) in [7, 11) is 3.56. The van der Waals surface area contributed by atoms with Crippen LogP contribution in [0.1, 0.15) is 18.7 Å². The highest BCUT2D eigenvalue weighted by atomic mass is 16.5. The van der Waals surface area contributed by atoms with Crippen molar-refractivity contribution in [3.05, 3.63) is 30.2 Å². The fourth-order valence-corrected chi connectivity index (χ4v) is 3.27. The molecule has 0 spiro atoms. The van der Waals surface area contributed by atoms with Crippen LogP contribution in [0.25, 0.3) is 5.65 Å². The molecule has 1 saturated heterocycles. The number of rotatable bonds is 7. The predicted octanol–water partition coefficient (Wildman–Crippen LogP) is 0.753. The minimum absolute atomic E-state index is 0.584. The number of piperidine rings is 1. The average Bonchev–Trinajstić information content (AvgIpc) is 3.10. The van der Waals surface area contributed by atoms with E-state index in [1.165, 1.54) is 12.8 Å². The van der Waals surface area contributed by atoms with Crippen molar-refractivity contribution in [1.82, 2.24) is 30.1 Å². The zero-order chi connectivity index (χ0) is 18.2. The summed E-state index contributed by atoms with van der Waals surface area (Å²) in [5.74, 6) is 2.36. The van der Waals surface area contributed by atoms with Crippen molar-refractivity contribution in [2.45, 2.75) is 19.4 Å². The lowest BCUT2D eigenvalue weighted by atomic mass is 9.97. The Hall–Kier alpha value is -2.19.